The molecule has 0 saturated carbocycles. The molecule has 0 aromatic rings. The minimum absolute atomic E-state index is 0.506. The van der Waals surface area contributed by atoms with Crippen LogP contribution in [0.3, 0.4) is 0 Å². The quantitative estimate of drug-likeness (QED) is 0.128. The van der Waals surface area contributed by atoms with Crippen LogP contribution in [0.1, 0.15) is 68.2 Å². The monoisotopic (exact) mass is 792 g/mol. The van der Waals surface area contributed by atoms with Gasteiger partial charge in [-0.05, 0) is 24.7 Å². The molecule has 0 saturated heterocycles. The number of nitrogens with two attached hydrogens (primary N) is 2. The van der Waals surface area contributed by atoms with Gasteiger partial charge in [-0.3, -0.25) is 38.4 Å². The predicted octanol–water partition coefficient (Wildman–Crippen LogP) is -0.0820. The molecule has 0 unspecified atom stereocenters. The minimum atomic E-state index is -5.13. The van der Waals surface area contributed by atoms with E-state index in [2.05, 4.69) is 10.6 Å². The van der Waals surface area contributed by atoms with E-state index in [4.69, 9.17) is 11.5 Å². The predicted molar refractivity (Wildman–Crippen MR) is 183 cm³/mol. The smallest absolute Gasteiger partial charge is 0.349 e. The first-order chi connectivity index (χ1) is 24.0. The highest BCUT2D eigenvalue weighted by molar-refractivity contribution is 5.98. The normalized spacial score (nSPS) is 15.3. The number of alkyl halides is 6. The summed E-state index contributed by atoms with van der Waals surface area (Å²) in [6.45, 7) is 11.8. The molecule has 0 heterocycles. The molecule has 0 aromatic carbocycles. The number of nitrogens with zero attached hydrogens (tertiary/aromatic N) is 2. The van der Waals surface area contributed by atoms with Gasteiger partial charge in [0, 0.05) is 28.2 Å². The van der Waals surface area contributed by atoms with Crippen LogP contribution in [0, 0.1) is 10.8 Å². The van der Waals surface area contributed by atoms with Crippen molar-refractivity contribution in [3.63, 3.8) is 0 Å². The first kappa shape index (κ1) is 51.8. The number of nitrogens with one attached hydrogen (secondary N) is 4. The highest BCUT2D eigenvalue weighted by atomic mass is 19.4. The number of carbonyl (C=O) groups is 8. The number of Topliss-reactive ketones (excluding diaryl/α,β-unsaturated/α-hetero) is 2. The lowest BCUT2D eigenvalue weighted by molar-refractivity contribution is -0.173. The second-order valence-corrected chi connectivity index (χ2v) is 15.0. The lowest BCUT2D eigenvalue weighted by Crippen LogP contribution is -2.57. The van der Waals surface area contributed by atoms with Gasteiger partial charge in [-0.2, -0.15) is 26.3 Å². The van der Waals surface area contributed by atoms with Crippen LogP contribution in [0.2, 0.25) is 0 Å². The third-order valence-electron chi connectivity index (χ3n) is 7.51. The van der Waals surface area contributed by atoms with E-state index < -0.39 is 119 Å². The molecule has 6 atom stereocenters. The van der Waals surface area contributed by atoms with Gasteiger partial charge < -0.3 is 42.5 Å². The van der Waals surface area contributed by atoms with Crippen LogP contribution in [0.15, 0.2) is 0 Å². The van der Waals surface area contributed by atoms with E-state index >= 15 is 0 Å². The van der Waals surface area contributed by atoms with Crippen LogP contribution in [0.4, 0.5) is 26.3 Å². The summed E-state index contributed by atoms with van der Waals surface area (Å²) in [5.74, 6) is -9.07. The zero-order valence-corrected chi connectivity index (χ0v) is 32.5. The van der Waals surface area contributed by atoms with E-state index in [1.807, 2.05) is 10.6 Å². The van der Waals surface area contributed by atoms with Gasteiger partial charge in [-0.1, -0.05) is 41.5 Å². The Morgan fingerprint density at radius 1 is 0.500 bits per heavy atom. The molecular weight excluding hydrogens is 738 g/mol. The number of rotatable bonds is 14. The first-order valence-corrected chi connectivity index (χ1v) is 16.3. The van der Waals surface area contributed by atoms with E-state index in [1.54, 1.807) is 41.5 Å². The van der Waals surface area contributed by atoms with Crippen molar-refractivity contribution in [1.82, 2.24) is 31.1 Å². The van der Waals surface area contributed by atoms with Crippen LogP contribution in [0.5, 0.6) is 0 Å². The number of ketones is 2. The van der Waals surface area contributed by atoms with Crippen molar-refractivity contribution in [2.45, 2.75) is 117 Å². The Kier molecular flexibility index (Phi) is 19.5. The summed E-state index contributed by atoms with van der Waals surface area (Å²) in [7, 11) is 5.65. The number of amides is 6. The third kappa shape index (κ3) is 18.1. The number of halogens is 6. The van der Waals surface area contributed by atoms with Gasteiger partial charge in [0.15, 0.2) is 0 Å². The summed E-state index contributed by atoms with van der Waals surface area (Å²) in [5.41, 5.74) is 10.3. The summed E-state index contributed by atoms with van der Waals surface area (Å²) in [6.07, 6.45) is -11.3. The maximum absolute atomic E-state index is 12.5. The Balaban J connectivity index is 0. The Hall–Kier alpha value is -4.34. The van der Waals surface area contributed by atoms with Crippen molar-refractivity contribution in [2.24, 2.45) is 22.3 Å². The van der Waals surface area contributed by atoms with Crippen LogP contribution in [-0.4, -0.2) is 134 Å². The highest BCUT2D eigenvalue weighted by Gasteiger charge is 2.44. The Labute approximate surface area is 310 Å². The zero-order chi connectivity index (χ0) is 43.5. The molecule has 6 amide bonds. The van der Waals surface area contributed by atoms with Crippen LogP contribution < -0.4 is 32.7 Å². The van der Waals surface area contributed by atoms with Crippen LogP contribution >= 0.6 is 0 Å². The van der Waals surface area contributed by atoms with Gasteiger partial charge >= 0.3 is 12.4 Å². The fourth-order valence-corrected chi connectivity index (χ4v) is 3.69. The van der Waals surface area contributed by atoms with Gasteiger partial charge in [-0.25, -0.2) is 0 Å². The van der Waals surface area contributed by atoms with E-state index in [0.717, 1.165) is 23.6 Å². The summed E-state index contributed by atoms with van der Waals surface area (Å²) >= 11 is 0. The molecule has 312 valence electrons. The maximum atomic E-state index is 12.5. The Morgan fingerprint density at radius 3 is 0.926 bits per heavy atom. The molecule has 0 spiro atoms. The average molecular weight is 793 g/mol. The SMILES string of the molecule is C[C@@H](NC(=O)[C@@H](CC(=O)N(C)C)NC(=O)[C@@H](N)C(C)(C)C)C(=O)C(F)(F)F.C[C@H](NC(=O)[C@@H](CC(=O)N(C)C)NC(=O)[C@@H](N)C(C)(C)C)C(=O)C(F)(F)F. The topological polar surface area (TPSA) is 243 Å². The number of carbonyl (C=O) groups excluding carboxylic acids is 8. The minimum Gasteiger partial charge on any atom is -0.349 e. The second-order valence-electron chi connectivity index (χ2n) is 15.0. The van der Waals surface area contributed by atoms with E-state index in [-0.39, 0.29) is 0 Å². The molecular formula is C32H54F6N8O8. The van der Waals surface area contributed by atoms with Crippen LogP contribution in [0.25, 0.3) is 0 Å². The van der Waals surface area contributed by atoms with Gasteiger partial charge in [0.1, 0.15) is 12.1 Å². The highest BCUT2D eigenvalue weighted by Crippen LogP contribution is 2.20. The average Bonchev–Trinajstić information content (AvgIpc) is 3.00. The van der Waals surface area contributed by atoms with Gasteiger partial charge in [0.25, 0.3) is 11.6 Å². The molecule has 0 fully saturated rings. The van der Waals surface area contributed by atoms with Crippen molar-refractivity contribution < 1.29 is 64.7 Å². The first-order valence-electron chi connectivity index (χ1n) is 16.3. The lowest BCUT2D eigenvalue weighted by atomic mass is 9.86. The van der Waals surface area contributed by atoms with Gasteiger partial charge in [0.2, 0.25) is 35.4 Å². The largest absolute Gasteiger partial charge is 0.452 e. The molecule has 0 aliphatic carbocycles. The van der Waals surface area contributed by atoms with Crippen molar-refractivity contribution in [3.05, 3.63) is 0 Å². The van der Waals surface area contributed by atoms with Crippen molar-refractivity contribution in [2.75, 3.05) is 28.2 Å². The van der Waals surface area contributed by atoms with E-state index in [1.165, 1.54) is 28.2 Å². The number of hydrogen-bond donors (Lipinski definition) is 6. The molecule has 0 aliphatic heterocycles. The second kappa shape index (κ2) is 20.4. The van der Waals surface area contributed by atoms with Crippen LogP contribution in [-0.2, 0) is 38.4 Å². The molecule has 22 heteroatoms. The lowest BCUT2D eigenvalue weighted by Gasteiger charge is -2.28. The van der Waals surface area contributed by atoms with E-state index in [0.29, 0.717) is 0 Å². The molecule has 0 rings (SSSR count). The van der Waals surface area contributed by atoms with Crippen molar-refractivity contribution >= 4 is 47.0 Å². The molecule has 0 aliphatic rings. The molecule has 8 N–H and O–H groups in total. The fraction of sp³-hybridized carbons (Fsp3) is 0.750. The Bertz CT molecular complexity index is 1270. The summed E-state index contributed by atoms with van der Waals surface area (Å²) < 4.78 is 74.8. The summed E-state index contributed by atoms with van der Waals surface area (Å²) in [4.78, 5) is 97.6. The summed E-state index contributed by atoms with van der Waals surface area (Å²) in [5, 5.41) is 8.31. The number of hydrogen-bond acceptors (Lipinski definition) is 10. The Morgan fingerprint density at radius 2 is 0.741 bits per heavy atom. The van der Waals surface area contributed by atoms with E-state index in [9.17, 15) is 64.7 Å². The molecule has 0 aromatic heterocycles. The summed E-state index contributed by atoms with van der Waals surface area (Å²) in [6, 6.07) is -8.77. The molecule has 0 radical (unpaired) electrons. The molecule has 16 nitrogen and oxygen atoms in total. The fourth-order valence-electron chi connectivity index (χ4n) is 3.69. The standard InChI is InChI=1S/2C16H27F3N4O4/c2*1-8(12(25)16(17,18)19)21-13(26)9(7-10(24)23(5)6)22-14(27)11(20)15(2,3)4/h2*8-9,11H,7,20H2,1-6H3,(H,21,26)(H,22,27)/t8-,9+,11+;8-,9-,11-/m01/s1. The van der Waals surface area contributed by atoms with Gasteiger partial charge in [0.05, 0.1) is 37.0 Å². The van der Waals surface area contributed by atoms with Crippen molar-refractivity contribution in [3.8, 4) is 0 Å². The maximum Gasteiger partial charge on any atom is 0.452 e. The zero-order valence-electron chi connectivity index (χ0n) is 32.5. The molecule has 54 heavy (non-hydrogen) atoms. The molecule has 0 bridgehead atoms. The van der Waals surface area contributed by atoms with Gasteiger partial charge in [-0.15, -0.1) is 0 Å². The van der Waals surface area contributed by atoms with Crippen molar-refractivity contribution in [1.29, 1.82) is 0 Å². The third-order valence-corrected chi connectivity index (χ3v) is 7.51.